The molecule has 1 radical (unpaired) electrons. The van der Waals surface area contributed by atoms with Gasteiger partial charge in [-0.1, -0.05) is 39.0 Å². The van der Waals surface area contributed by atoms with Crippen molar-refractivity contribution in [2.45, 2.75) is 58.3 Å². The van der Waals surface area contributed by atoms with E-state index in [4.69, 9.17) is 0 Å². The summed E-state index contributed by atoms with van der Waals surface area (Å²) >= 11 is 0. The molecule has 0 aromatic carbocycles. The van der Waals surface area contributed by atoms with Gasteiger partial charge < -0.3 is 0 Å². The average molecular weight is 181 g/mol. The molecule has 1 atom stereocenters. The third kappa shape index (κ3) is 3.50. The van der Waals surface area contributed by atoms with Crippen molar-refractivity contribution in [1.82, 2.24) is 0 Å². The van der Waals surface area contributed by atoms with Crippen LogP contribution in [0.25, 0.3) is 0 Å². The maximum Gasteiger partial charge on any atom is 0.202 e. The summed E-state index contributed by atoms with van der Waals surface area (Å²) in [6, 6.07) is 0. The number of carbonyl (C=O) groups excluding carboxylic acids is 1. The Labute approximate surface area is 81.9 Å². The Morgan fingerprint density at radius 3 is 2.54 bits per heavy atom. The third-order valence-corrected chi connectivity index (χ3v) is 3.24. The van der Waals surface area contributed by atoms with E-state index in [0.717, 1.165) is 6.42 Å². The lowest BCUT2D eigenvalue weighted by Gasteiger charge is -2.25. The summed E-state index contributed by atoms with van der Waals surface area (Å²) in [5, 5.41) is 0. The molecule has 0 aliphatic heterocycles. The molecule has 1 unspecified atom stereocenters. The fourth-order valence-corrected chi connectivity index (χ4v) is 2.35. The van der Waals surface area contributed by atoms with Gasteiger partial charge in [-0.25, -0.2) is 0 Å². The lowest BCUT2D eigenvalue weighted by Crippen LogP contribution is -2.19. The van der Waals surface area contributed by atoms with Gasteiger partial charge in [0, 0.05) is 5.92 Å². The highest BCUT2D eigenvalue weighted by Crippen LogP contribution is 2.31. The summed E-state index contributed by atoms with van der Waals surface area (Å²) in [4.78, 5) is 10.8. The molecule has 1 heteroatoms. The highest BCUT2D eigenvalue weighted by atomic mass is 16.1. The van der Waals surface area contributed by atoms with Gasteiger partial charge in [0.2, 0.25) is 6.29 Å². The normalized spacial score (nSPS) is 21.3. The Kier molecular flexibility index (Phi) is 5.10. The average Bonchev–Trinajstić information content (AvgIpc) is 2.21. The van der Waals surface area contributed by atoms with E-state index in [1.807, 2.05) is 0 Å². The van der Waals surface area contributed by atoms with Crippen LogP contribution in [0.5, 0.6) is 0 Å². The van der Waals surface area contributed by atoms with E-state index < -0.39 is 0 Å². The Bertz CT molecular complexity index is 136. The standard InChI is InChI=1S/C12H21O/c1-2-3-7-12(10-13)11-8-5-4-6-9-11/h11-12H,2-9H2,1H3. The molecule has 75 valence electrons. The molecule has 0 N–H and O–H groups in total. The van der Waals surface area contributed by atoms with Gasteiger partial charge in [0.1, 0.15) is 0 Å². The summed E-state index contributed by atoms with van der Waals surface area (Å²) in [6.45, 7) is 2.18. The van der Waals surface area contributed by atoms with E-state index in [1.54, 1.807) is 0 Å². The second kappa shape index (κ2) is 6.17. The molecule has 1 nitrogen and oxygen atoms in total. The van der Waals surface area contributed by atoms with Crippen LogP contribution < -0.4 is 0 Å². The Balaban J connectivity index is 2.30. The van der Waals surface area contributed by atoms with Gasteiger partial charge in [0.25, 0.3) is 0 Å². The van der Waals surface area contributed by atoms with E-state index >= 15 is 0 Å². The van der Waals surface area contributed by atoms with Crippen LogP contribution in [0.2, 0.25) is 0 Å². The molecule has 0 spiro atoms. The SMILES string of the molecule is CCCCC([C]=O)C1CCCCC1. The van der Waals surface area contributed by atoms with Gasteiger partial charge in [-0.2, -0.15) is 0 Å². The maximum atomic E-state index is 10.8. The molecule has 0 amide bonds. The number of unbranched alkanes of at least 4 members (excludes halogenated alkanes) is 1. The largest absolute Gasteiger partial charge is 0.291 e. The predicted molar refractivity (Wildman–Crippen MR) is 55.3 cm³/mol. The molecule has 0 saturated heterocycles. The van der Waals surface area contributed by atoms with Gasteiger partial charge in [-0.3, -0.25) is 4.79 Å². The second-order valence-electron chi connectivity index (χ2n) is 4.26. The molecule has 1 rings (SSSR count). The smallest absolute Gasteiger partial charge is 0.202 e. The number of rotatable bonds is 5. The zero-order valence-corrected chi connectivity index (χ0v) is 8.72. The fourth-order valence-electron chi connectivity index (χ4n) is 2.35. The summed E-state index contributed by atoms with van der Waals surface area (Å²) in [6.07, 6.45) is 12.3. The molecule has 1 aliphatic rings. The first-order valence-electron chi connectivity index (χ1n) is 5.76. The van der Waals surface area contributed by atoms with Crippen LogP contribution in [0.1, 0.15) is 58.3 Å². The quantitative estimate of drug-likeness (QED) is 0.634. The summed E-state index contributed by atoms with van der Waals surface area (Å²) in [7, 11) is 0. The van der Waals surface area contributed by atoms with Crippen LogP contribution in [-0.4, -0.2) is 6.29 Å². The van der Waals surface area contributed by atoms with E-state index in [2.05, 4.69) is 13.2 Å². The van der Waals surface area contributed by atoms with Crippen molar-refractivity contribution >= 4 is 6.29 Å². The third-order valence-electron chi connectivity index (χ3n) is 3.24. The zero-order valence-electron chi connectivity index (χ0n) is 8.72. The molecule has 1 fully saturated rings. The Morgan fingerprint density at radius 2 is 2.00 bits per heavy atom. The minimum absolute atomic E-state index is 0.250. The number of hydrogen-bond acceptors (Lipinski definition) is 1. The highest BCUT2D eigenvalue weighted by Gasteiger charge is 2.22. The van der Waals surface area contributed by atoms with Crippen LogP contribution in [0.3, 0.4) is 0 Å². The summed E-state index contributed by atoms with van der Waals surface area (Å²) in [5.41, 5.74) is 0. The van der Waals surface area contributed by atoms with Crippen molar-refractivity contribution in [2.24, 2.45) is 11.8 Å². The van der Waals surface area contributed by atoms with Crippen molar-refractivity contribution in [3.8, 4) is 0 Å². The molecule has 0 heterocycles. The van der Waals surface area contributed by atoms with Gasteiger partial charge >= 0.3 is 0 Å². The topological polar surface area (TPSA) is 17.1 Å². The van der Waals surface area contributed by atoms with Gasteiger partial charge in [-0.05, 0) is 25.2 Å². The van der Waals surface area contributed by atoms with Crippen LogP contribution in [-0.2, 0) is 4.79 Å². The highest BCUT2D eigenvalue weighted by molar-refractivity contribution is 5.54. The van der Waals surface area contributed by atoms with Crippen molar-refractivity contribution in [3.05, 3.63) is 0 Å². The maximum absolute atomic E-state index is 10.8. The van der Waals surface area contributed by atoms with Crippen molar-refractivity contribution in [2.75, 3.05) is 0 Å². The zero-order chi connectivity index (χ0) is 9.52. The van der Waals surface area contributed by atoms with E-state index in [0.29, 0.717) is 5.92 Å². The summed E-state index contributed by atoms with van der Waals surface area (Å²) in [5.74, 6) is 0.915. The van der Waals surface area contributed by atoms with Gasteiger partial charge in [0.15, 0.2) is 0 Å². The second-order valence-corrected chi connectivity index (χ2v) is 4.26. The molecule has 0 bridgehead atoms. The van der Waals surface area contributed by atoms with Gasteiger partial charge in [-0.15, -0.1) is 0 Å². The van der Waals surface area contributed by atoms with Crippen molar-refractivity contribution in [3.63, 3.8) is 0 Å². The molecular weight excluding hydrogens is 160 g/mol. The first-order valence-corrected chi connectivity index (χ1v) is 5.76. The molecular formula is C12H21O. The van der Waals surface area contributed by atoms with E-state index in [1.165, 1.54) is 44.9 Å². The minimum atomic E-state index is 0.250. The molecule has 0 aromatic rings. The lowest BCUT2D eigenvalue weighted by atomic mass is 9.78. The molecule has 1 saturated carbocycles. The molecule has 13 heavy (non-hydrogen) atoms. The first-order chi connectivity index (χ1) is 6.38. The van der Waals surface area contributed by atoms with E-state index in [9.17, 15) is 4.79 Å². The Morgan fingerprint density at radius 1 is 1.31 bits per heavy atom. The van der Waals surface area contributed by atoms with Crippen LogP contribution in [0.4, 0.5) is 0 Å². The first kappa shape index (κ1) is 10.7. The minimum Gasteiger partial charge on any atom is -0.291 e. The molecule has 0 aromatic heterocycles. The fraction of sp³-hybridized carbons (Fsp3) is 0.917. The number of hydrogen-bond donors (Lipinski definition) is 0. The molecule has 1 aliphatic carbocycles. The van der Waals surface area contributed by atoms with Crippen molar-refractivity contribution in [1.29, 1.82) is 0 Å². The predicted octanol–water partition coefficient (Wildman–Crippen LogP) is 3.48. The van der Waals surface area contributed by atoms with Crippen molar-refractivity contribution < 1.29 is 4.79 Å². The Hall–Kier alpha value is -0.330. The van der Waals surface area contributed by atoms with Crippen LogP contribution >= 0.6 is 0 Å². The summed E-state index contributed by atoms with van der Waals surface area (Å²) < 4.78 is 0. The lowest BCUT2D eigenvalue weighted by molar-refractivity contribution is 0.279. The monoisotopic (exact) mass is 181 g/mol. The van der Waals surface area contributed by atoms with E-state index in [-0.39, 0.29) is 5.92 Å². The van der Waals surface area contributed by atoms with Crippen LogP contribution in [0, 0.1) is 11.8 Å². The van der Waals surface area contributed by atoms with Crippen LogP contribution in [0.15, 0.2) is 0 Å². The van der Waals surface area contributed by atoms with Gasteiger partial charge in [0.05, 0.1) is 0 Å².